The van der Waals surface area contributed by atoms with Gasteiger partial charge in [-0.25, -0.2) is 0 Å². The van der Waals surface area contributed by atoms with Gasteiger partial charge in [-0.1, -0.05) is 50.2 Å². The molecule has 2 nitrogen and oxygen atoms in total. The molecule has 18 heavy (non-hydrogen) atoms. The van der Waals surface area contributed by atoms with Crippen LogP contribution in [0.25, 0.3) is 0 Å². The first kappa shape index (κ1) is 12.4. The summed E-state index contributed by atoms with van der Waals surface area (Å²) in [7, 11) is 0. The highest BCUT2D eigenvalue weighted by atomic mass is 16.3. The predicted molar refractivity (Wildman–Crippen MR) is 72.1 cm³/mol. The monoisotopic (exact) mass is 240 g/mol. The number of aldehydes is 1. The van der Waals surface area contributed by atoms with E-state index in [0.29, 0.717) is 5.56 Å². The normalized spacial score (nSPS) is 11.2. The zero-order valence-electron chi connectivity index (χ0n) is 10.6. The molecule has 0 atom stereocenters. The molecule has 2 aromatic rings. The highest BCUT2D eigenvalue weighted by molar-refractivity contribution is 5.74. The Bertz CT molecular complexity index is 536. The molecule has 92 valence electrons. The van der Waals surface area contributed by atoms with E-state index >= 15 is 0 Å². The van der Waals surface area contributed by atoms with E-state index in [2.05, 4.69) is 13.8 Å². The van der Waals surface area contributed by atoms with E-state index < -0.39 is 0 Å². The predicted octanol–water partition coefficient (Wildman–Crippen LogP) is 3.53. The van der Waals surface area contributed by atoms with Crippen LogP contribution in [0.2, 0.25) is 0 Å². The van der Waals surface area contributed by atoms with Crippen LogP contribution in [0, 0.1) is 0 Å². The van der Waals surface area contributed by atoms with Crippen LogP contribution in [0.15, 0.2) is 48.5 Å². The van der Waals surface area contributed by atoms with E-state index in [0.717, 1.165) is 17.4 Å². The largest absolute Gasteiger partial charge is 0.508 e. The van der Waals surface area contributed by atoms with Crippen LogP contribution in [-0.4, -0.2) is 11.4 Å². The third-order valence-electron chi connectivity index (χ3n) is 3.36. The van der Waals surface area contributed by atoms with Gasteiger partial charge in [0.2, 0.25) is 0 Å². The lowest BCUT2D eigenvalue weighted by Gasteiger charge is -2.26. The summed E-state index contributed by atoms with van der Waals surface area (Å²) in [6.07, 6.45) is 0.845. The average Bonchev–Trinajstić information content (AvgIpc) is 2.39. The molecule has 0 saturated carbocycles. The van der Waals surface area contributed by atoms with Crippen LogP contribution >= 0.6 is 0 Å². The number of hydrogen-bond acceptors (Lipinski definition) is 2. The summed E-state index contributed by atoms with van der Waals surface area (Å²) in [5, 5.41) is 9.32. The van der Waals surface area contributed by atoms with Gasteiger partial charge in [-0.3, -0.25) is 4.79 Å². The van der Waals surface area contributed by atoms with Crippen molar-refractivity contribution in [1.82, 2.24) is 0 Å². The van der Waals surface area contributed by atoms with E-state index in [1.165, 1.54) is 0 Å². The lowest BCUT2D eigenvalue weighted by atomic mass is 9.78. The average molecular weight is 240 g/mol. The molecule has 2 heteroatoms. The summed E-state index contributed by atoms with van der Waals surface area (Å²) in [5.41, 5.74) is 2.79. The lowest BCUT2D eigenvalue weighted by molar-refractivity contribution is 0.112. The van der Waals surface area contributed by atoms with Gasteiger partial charge in [0.05, 0.1) is 0 Å². The molecule has 1 N–H and O–H groups in total. The molecule has 2 rings (SSSR count). The van der Waals surface area contributed by atoms with Crippen LogP contribution in [-0.2, 0) is 5.41 Å². The lowest BCUT2D eigenvalue weighted by Crippen LogP contribution is -2.18. The van der Waals surface area contributed by atoms with Gasteiger partial charge in [0.25, 0.3) is 0 Å². The Morgan fingerprint density at radius 1 is 0.889 bits per heavy atom. The first-order valence-corrected chi connectivity index (χ1v) is 5.89. The summed E-state index contributed by atoms with van der Waals surface area (Å²) in [6.45, 7) is 4.24. The number of phenols is 1. The Morgan fingerprint density at radius 3 is 1.78 bits per heavy atom. The molecular formula is C16H16O2. The molecule has 0 spiro atoms. The molecular weight excluding hydrogens is 224 g/mol. The number of benzene rings is 2. The minimum atomic E-state index is -0.158. The van der Waals surface area contributed by atoms with Crippen molar-refractivity contribution in [2.45, 2.75) is 19.3 Å². The topological polar surface area (TPSA) is 37.3 Å². The summed E-state index contributed by atoms with van der Waals surface area (Å²) < 4.78 is 0. The smallest absolute Gasteiger partial charge is 0.150 e. The van der Waals surface area contributed by atoms with Gasteiger partial charge < -0.3 is 5.11 Å². The highest BCUT2D eigenvalue weighted by Gasteiger charge is 2.22. The van der Waals surface area contributed by atoms with E-state index in [1.54, 1.807) is 12.1 Å². The van der Waals surface area contributed by atoms with Crippen molar-refractivity contribution in [2.75, 3.05) is 0 Å². The van der Waals surface area contributed by atoms with Crippen molar-refractivity contribution < 1.29 is 9.90 Å². The maximum absolute atomic E-state index is 10.6. The first-order chi connectivity index (χ1) is 8.54. The molecule has 2 aromatic carbocycles. The Kier molecular flexibility index (Phi) is 3.19. The molecule has 0 aliphatic heterocycles. The molecule has 0 bridgehead atoms. The second-order valence-corrected chi connectivity index (χ2v) is 4.91. The number of rotatable bonds is 3. The summed E-state index contributed by atoms with van der Waals surface area (Å²) >= 11 is 0. The van der Waals surface area contributed by atoms with Gasteiger partial charge in [0.1, 0.15) is 12.0 Å². The first-order valence-electron chi connectivity index (χ1n) is 5.89. The molecule has 0 amide bonds. The Balaban J connectivity index is 2.39. The zero-order valence-corrected chi connectivity index (χ0v) is 10.6. The van der Waals surface area contributed by atoms with Crippen LogP contribution in [0.3, 0.4) is 0 Å². The molecule has 0 aliphatic rings. The van der Waals surface area contributed by atoms with Gasteiger partial charge in [-0.05, 0) is 23.3 Å². The minimum absolute atomic E-state index is 0.158. The van der Waals surface area contributed by atoms with Gasteiger partial charge in [0.15, 0.2) is 0 Å². The molecule has 0 fully saturated rings. The Hall–Kier alpha value is -2.09. The fourth-order valence-corrected chi connectivity index (χ4v) is 2.02. The fourth-order valence-electron chi connectivity index (χ4n) is 2.02. The highest BCUT2D eigenvalue weighted by Crippen LogP contribution is 2.32. The minimum Gasteiger partial charge on any atom is -0.508 e. The van der Waals surface area contributed by atoms with Crippen molar-refractivity contribution in [1.29, 1.82) is 0 Å². The van der Waals surface area contributed by atoms with E-state index in [4.69, 9.17) is 0 Å². The molecule has 0 heterocycles. The fraction of sp³-hybridized carbons (Fsp3) is 0.188. The standard InChI is InChI=1S/C16H16O2/c1-16(2,14-7-9-15(18)10-8-14)13-5-3-12(11-17)4-6-13/h3-11,18H,1-2H3. The van der Waals surface area contributed by atoms with Crippen LogP contribution in [0.4, 0.5) is 0 Å². The van der Waals surface area contributed by atoms with E-state index in [-0.39, 0.29) is 11.2 Å². The SMILES string of the molecule is CC(C)(c1ccc(O)cc1)c1ccc(C=O)cc1. The van der Waals surface area contributed by atoms with Crippen molar-refractivity contribution in [3.05, 3.63) is 65.2 Å². The maximum atomic E-state index is 10.6. The van der Waals surface area contributed by atoms with Gasteiger partial charge in [-0.2, -0.15) is 0 Å². The Morgan fingerprint density at radius 2 is 1.33 bits per heavy atom. The third kappa shape index (κ3) is 2.28. The molecule has 0 radical (unpaired) electrons. The quantitative estimate of drug-likeness (QED) is 0.833. The summed E-state index contributed by atoms with van der Waals surface area (Å²) in [5.74, 6) is 0.269. The molecule has 0 unspecified atom stereocenters. The summed E-state index contributed by atoms with van der Waals surface area (Å²) in [6, 6.07) is 14.8. The number of aromatic hydroxyl groups is 1. The van der Waals surface area contributed by atoms with E-state index in [1.807, 2.05) is 36.4 Å². The van der Waals surface area contributed by atoms with Gasteiger partial charge in [-0.15, -0.1) is 0 Å². The van der Waals surface area contributed by atoms with Crippen molar-refractivity contribution in [3.8, 4) is 5.75 Å². The zero-order chi connectivity index (χ0) is 13.2. The van der Waals surface area contributed by atoms with Crippen LogP contribution < -0.4 is 0 Å². The number of phenolic OH excluding ortho intramolecular Hbond substituents is 1. The van der Waals surface area contributed by atoms with Crippen molar-refractivity contribution in [3.63, 3.8) is 0 Å². The maximum Gasteiger partial charge on any atom is 0.150 e. The number of carbonyl (C=O) groups excluding carboxylic acids is 1. The number of hydrogen-bond donors (Lipinski definition) is 1. The van der Waals surface area contributed by atoms with Crippen molar-refractivity contribution in [2.24, 2.45) is 0 Å². The van der Waals surface area contributed by atoms with Crippen LogP contribution in [0.1, 0.15) is 35.3 Å². The third-order valence-corrected chi connectivity index (χ3v) is 3.36. The molecule has 0 aliphatic carbocycles. The Labute approximate surface area is 107 Å². The second-order valence-electron chi connectivity index (χ2n) is 4.91. The van der Waals surface area contributed by atoms with E-state index in [9.17, 15) is 9.90 Å². The molecule has 0 aromatic heterocycles. The second kappa shape index (κ2) is 4.65. The van der Waals surface area contributed by atoms with Gasteiger partial charge in [0, 0.05) is 11.0 Å². The van der Waals surface area contributed by atoms with Gasteiger partial charge >= 0.3 is 0 Å². The number of carbonyl (C=O) groups is 1. The summed E-state index contributed by atoms with van der Waals surface area (Å²) in [4.78, 5) is 10.6. The molecule has 0 saturated heterocycles. The van der Waals surface area contributed by atoms with Crippen molar-refractivity contribution >= 4 is 6.29 Å². The van der Waals surface area contributed by atoms with Crippen LogP contribution in [0.5, 0.6) is 5.75 Å².